The lowest BCUT2D eigenvalue weighted by atomic mass is 9.98. The Labute approximate surface area is 157 Å². The quantitative estimate of drug-likeness (QED) is 0.679. The van der Waals surface area contributed by atoms with Crippen molar-refractivity contribution < 1.29 is 19.4 Å². The SMILES string of the molecule is O=C(NCc1ccccc1-c1ccc(C(=O)O)cc1)OCc1ccccc1. The summed E-state index contributed by atoms with van der Waals surface area (Å²) in [5.74, 6) is -0.960. The number of hydrogen-bond donors (Lipinski definition) is 2. The van der Waals surface area contributed by atoms with Gasteiger partial charge in [0.15, 0.2) is 0 Å². The van der Waals surface area contributed by atoms with Gasteiger partial charge in [0, 0.05) is 6.54 Å². The molecule has 3 rings (SSSR count). The van der Waals surface area contributed by atoms with Crippen molar-refractivity contribution in [3.8, 4) is 11.1 Å². The number of carbonyl (C=O) groups excluding carboxylic acids is 1. The van der Waals surface area contributed by atoms with Crippen molar-refractivity contribution in [2.45, 2.75) is 13.2 Å². The maximum absolute atomic E-state index is 12.0. The van der Waals surface area contributed by atoms with Crippen LogP contribution in [-0.2, 0) is 17.9 Å². The number of alkyl carbamates (subject to hydrolysis) is 1. The molecule has 5 nitrogen and oxygen atoms in total. The zero-order valence-corrected chi connectivity index (χ0v) is 14.6. The number of ether oxygens (including phenoxy) is 1. The molecule has 0 fully saturated rings. The molecule has 0 aliphatic heterocycles. The zero-order valence-electron chi connectivity index (χ0n) is 14.6. The highest BCUT2D eigenvalue weighted by Crippen LogP contribution is 2.24. The van der Waals surface area contributed by atoms with Crippen molar-refractivity contribution in [2.24, 2.45) is 0 Å². The van der Waals surface area contributed by atoms with E-state index in [9.17, 15) is 9.59 Å². The Morgan fingerprint density at radius 1 is 0.852 bits per heavy atom. The summed E-state index contributed by atoms with van der Waals surface area (Å²) in [5, 5.41) is 11.8. The predicted molar refractivity (Wildman–Crippen MR) is 102 cm³/mol. The second-order valence-corrected chi connectivity index (χ2v) is 5.95. The van der Waals surface area contributed by atoms with E-state index in [1.54, 1.807) is 24.3 Å². The molecule has 27 heavy (non-hydrogen) atoms. The Bertz CT molecular complexity index is 921. The third kappa shape index (κ3) is 4.95. The molecule has 0 bridgehead atoms. The molecule has 136 valence electrons. The van der Waals surface area contributed by atoms with Crippen molar-refractivity contribution in [1.82, 2.24) is 5.32 Å². The van der Waals surface area contributed by atoms with Gasteiger partial charge in [0.25, 0.3) is 0 Å². The van der Waals surface area contributed by atoms with Crippen LogP contribution in [0.2, 0.25) is 0 Å². The van der Waals surface area contributed by atoms with E-state index in [1.165, 1.54) is 0 Å². The summed E-state index contributed by atoms with van der Waals surface area (Å²) < 4.78 is 5.22. The maximum Gasteiger partial charge on any atom is 0.407 e. The van der Waals surface area contributed by atoms with E-state index in [4.69, 9.17) is 9.84 Å². The average molecular weight is 361 g/mol. The fourth-order valence-corrected chi connectivity index (χ4v) is 2.69. The molecule has 0 aliphatic carbocycles. The van der Waals surface area contributed by atoms with Gasteiger partial charge in [0.05, 0.1) is 5.56 Å². The second-order valence-electron chi connectivity index (χ2n) is 5.95. The monoisotopic (exact) mass is 361 g/mol. The molecule has 0 heterocycles. The number of carbonyl (C=O) groups is 2. The molecule has 2 N–H and O–H groups in total. The van der Waals surface area contributed by atoms with Crippen LogP contribution in [0.15, 0.2) is 78.9 Å². The summed E-state index contributed by atoms with van der Waals surface area (Å²) in [6, 6.07) is 23.8. The van der Waals surface area contributed by atoms with Gasteiger partial charge in [-0.3, -0.25) is 0 Å². The lowest BCUT2D eigenvalue weighted by molar-refractivity contribution is 0.0697. The smallest absolute Gasteiger partial charge is 0.407 e. The first-order valence-electron chi connectivity index (χ1n) is 8.49. The molecule has 0 saturated heterocycles. The molecule has 3 aromatic rings. The Morgan fingerprint density at radius 2 is 1.52 bits per heavy atom. The minimum absolute atomic E-state index is 0.213. The van der Waals surface area contributed by atoms with Crippen molar-refractivity contribution >= 4 is 12.1 Å². The first-order valence-corrected chi connectivity index (χ1v) is 8.49. The summed E-state index contributed by atoms with van der Waals surface area (Å²) in [5.41, 5.74) is 3.88. The van der Waals surface area contributed by atoms with Gasteiger partial charge in [-0.25, -0.2) is 9.59 Å². The number of amides is 1. The van der Waals surface area contributed by atoms with E-state index in [1.807, 2.05) is 54.6 Å². The van der Waals surface area contributed by atoms with E-state index < -0.39 is 12.1 Å². The molecular weight excluding hydrogens is 342 g/mol. The summed E-state index contributed by atoms with van der Waals surface area (Å²) in [4.78, 5) is 23.0. The average Bonchev–Trinajstić information content (AvgIpc) is 2.72. The fourth-order valence-electron chi connectivity index (χ4n) is 2.69. The van der Waals surface area contributed by atoms with Gasteiger partial charge in [-0.2, -0.15) is 0 Å². The van der Waals surface area contributed by atoms with Crippen LogP contribution in [0.4, 0.5) is 4.79 Å². The first kappa shape index (κ1) is 18.2. The van der Waals surface area contributed by atoms with Crippen LogP contribution in [0.25, 0.3) is 11.1 Å². The first-order chi connectivity index (χ1) is 13.1. The molecule has 0 spiro atoms. The van der Waals surface area contributed by atoms with E-state index in [-0.39, 0.29) is 12.2 Å². The fraction of sp³-hybridized carbons (Fsp3) is 0.0909. The number of aromatic carboxylic acids is 1. The topological polar surface area (TPSA) is 75.6 Å². The lowest BCUT2D eigenvalue weighted by Gasteiger charge is -2.12. The normalized spacial score (nSPS) is 10.2. The van der Waals surface area contributed by atoms with Crippen LogP contribution in [0.3, 0.4) is 0 Å². The molecule has 5 heteroatoms. The molecule has 0 aliphatic rings. The molecule has 0 atom stereocenters. The number of carboxylic acids is 1. The maximum atomic E-state index is 12.0. The van der Waals surface area contributed by atoms with Gasteiger partial charge < -0.3 is 15.2 Å². The molecule has 0 radical (unpaired) electrons. The molecular formula is C22H19NO4. The van der Waals surface area contributed by atoms with Gasteiger partial charge in [-0.05, 0) is 34.4 Å². The molecule has 0 saturated carbocycles. The van der Waals surface area contributed by atoms with Crippen molar-refractivity contribution in [1.29, 1.82) is 0 Å². The van der Waals surface area contributed by atoms with Crippen molar-refractivity contribution in [3.05, 3.63) is 95.6 Å². The lowest BCUT2D eigenvalue weighted by Crippen LogP contribution is -2.23. The standard InChI is InChI=1S/C22H19NO4/c24-21(25)18-12-10-17(11-13-18)20-9-5-4-8-19(20)14-23-22(26)27-15-16-6-2-1-3-7-16/h1-13H,14-15H2,(H,23,26)(H,24,25). The summed E-state index contributed by atoms with van der Waals surface area (Å²) in [6.07, 6.45) is -0.491. The van der Waals surface area contributed by atoms with Gasteiger partial charge in [-0.15, -0.1) is 0 Å². The highest BCUT2D eigenvalue weighted by Gasteiger charge is 2.09. The molecule has 3 aromatic carbocycles. The van der Waals surface area contributed by atoms with Crippen LogP contribution < -0.4 is 5.32 Å². The highest BCUT2D eigenvalue weighted by molar-refractivity contribution is 5.88. The van der Waals surface area contributed by atoms with Gasteiger partial charge >= 0.3 is 12.1 Å². The van der Waals surface area contributed by atoms with Gasteiger partial charge in [0.1, 0.15) is 6.61 Å². The van der Waals surface area contributed by atoms with Crippen LogP contribution in [-0.4, -0.2) is 17.2 Å². The van der Waals surface area contributed by atoms with Crippen LogP contribution in [0.1, 0.15) is 21.5 Å². The summed E-state index contributed by atoms with van der Waals surface area (Å²) >= 11 is 0. The van der Waals surface area contributed by atoms with E-state index in [0.717, 1.165) is 22.3 Å². The van der Waals surface area contributed by atoms with Crippen molar-refractivity contribution in [2.75, 3.05) is 0 Å². The number of rotatable bonds is 6. The largest absolute Gasteiger partial charge is 0.478 e. The Balaban J connectivity index is 1.63. The number of hydrogen-bond acceptors (Lipinski definition) is 3. The minimum Gasteiger partial charge on any atom is -0.478 e. The van der Waals surface area contributed by atoms with Gasteiger partial charge in [0.2, 0.25) is 0 Å². The van der Waals surface area contributed by atoms with Crippen LogP contribution in [0, 0.1) is 0 Å². The Hall–Kier alpha value is -3.60. The highest BCUT2D eigenvalue weighted by atomic mass is 16.5. The predicted octanol–water partition coefficient (Wildman–Crippen LogP) is 4.48. The third-order valence-electron chi connectivity index (χ3n) is 4.10. The Kier molecular flexibility index (Phi) is 5.84. The van der Waals surface area contributed by atoms with Crippen LogP contribution in [0.5, 0.6) is 0 Å². The molecule has 1 amide bonds. The molecule has 0 unspecified atom stereocenters. The van der Waals surface area contributed by atoms with Gasteiger partial charge in [-0.1, -0.05) is 66.7 Å². The zero-order chi connectivity index (χ0) is 19.1. The Morgan fingerprint density at radius 3 is 2.22 bits per heavy atom. The van der Waals surface area contributed by atoms with Crippen molar-refractivity contribution in [3.63, 3.8) is 0 Å². The third-order valence-corrected chi connectivity index (χ3v) is 4.10. The molecule has 0 aromatic heterocycles. The number of benzene rings is 3. The van der Waals surface area contributed by atoms with Crippen LogP contribution >= 0.6 is 0 Å². The summed E-state index contributed by atoms with van der Waals surface area (Å²) in [6.45, 7) is 0.523. The van der Waals surface area contributed by atoms with E-state index >= 15 is 0 Å². The summed E-state index contributed by atoms with van der Waals surface area (Å²) in [7, 11) is 0. The number of carboxylic acid groups (broad SMARTS) is 1. The van der Waals surface area contributed by atoms with E-state index in [0.29, 0.717) is 6.54 Å². The second kappa shape index (κ2) is 8.67. The number of nitrogens with one attached hydrogen (secondary N) is 1. The van der Waals surface area contributed by atoms with E-state index in [2.05, 4.69) is 5.32 Å². The minimum atomic E-state index is -0.960.